The smallest absolute Gasteiger partial charge is 0.125 e. The zero-order valence-corrected chi connectivity index (χ0v) is 12.6. The molecule has 0 aromatic heterocycles. The Labute approximate surface area is 112 Å². The number of ether oxygens (including phenoxy) is 1. The number of hydrogen-bond acceptors (Lipinski definition) is 2. The van der Waals surface area contributed by atoms with Crippen molar-refractivity contribution in [3.05, 3.63) is 28.8 Å². The van der Waals surface area contributed by atoms with Gasteiger partial charge in [0.1, 0.15) is 5.75 Å². The number of rotatable bonds is 6. The molecule has 0 spiro atoms. The first-order chi connectivity index (χ1) is 8.52. The van der Waals surface area contributed by atoms with Crippen molar-refractivity contribution in [1.82, 2.24) is 5.32 Å². The summed E-state index contributed by atoms with van der Waals surface area (Å²) < 4.78 is 5.61. The van der Waals surface area contributed by atoms with E-state index in [1.54, 1.807) is 7.11 Å². The molecule has 0 saturated carbocycles. The van der Waals surface area contributed by atoms with E-state index in [-0.39, 0.29) is 0 Å². The van der Waals surface area contributed by atoms with E-state index in [1.165, 1.54) is 16.7 Å². The van der Waals surface area contributed by atoms with Gasteiger partial charge in [-0.1, -0.05) is 32.9 Å². The maximum Gasteiger partial charge on any atom is 0.125 e. The van der Waals surface area contributed by atoms with Gasteiger partial charge in [0.2, 0.25) is 0 Å². The molecule has 0 fully saturated rings. The fourth-order valence-electron chi connectivity index (χ4n) is 2.30. The molecule has 0 aliphatic carbocycles. The molecule has 0 aliphatic rings. The summed E-state index contributed by atoms with van der Waals surface area (Å²) in [6, 6.07) is 4.41. The predicted octanol–water partition coefficient (Wildman–Crippen LogP) is 3.66. The molecule has 0 radical (unpaired) electrons. The summed E-state index contributed by atoms with van der Waals surface area (Å²) in [5.74, 6) is 2.16. The molecule has 1 aromatic rings. The molecule has 2 atom stereocenters. The van der Waals surface area contributed by atoms with Crippen LogP contribution in [0.15, 0.2) is 12.1 Å². The van der Waals surface area contributed by atoms with Crippen molar-refractivity contribution in [2.24, 2.45) is 5.92 Å². The van der Waals surface area contributed by atoms with Crippen LogP contribution in [0.5, 0.6) is 5.75 Å². The number of hydrogen-bond donors (Lipinski definition) is 1. The van der Waals surface area contributed by atoms with E-state index in [9.17, 15) is 0 Å². The fraction of sp³-hybridized carbons (Fsp3) is 0.625. The van der Waals surface area contributed by atoms with Gasteiger partial charge in [-0.15, -0.1) is 0 Å². The first-order valence-corrected chi connectivity index (χ1v) is 6.87. The van der Waals surface area contributed by atoms with E-state index in [4.69, 9.17) is 4.74 Å². The molecule has 18 heavy (non-hydrogen) atoms. The summed E-state index contributed by atoms with van der Waals surface area (Å²) in [6.07, 6.45) is 0. The highest BCUT2D eigenvalue weighted by atomic mass is 16.5. The van der Waals surface area contributed by atoms with E-state index >= 15 is 0 Å². The van der Waals surface area contributed by atoms with E-state index in [0.717, 1.165) is 18.8 Å². The summed E-state index contributed by atoms with van der Waals surface area (Å²) in [5, 5.41) is 3.42. The van der Waals surface area contributed by atoms with Gasteiger partial charge in [0, 0.05) is 0 Å². The first kappa shape index (κ1) is 15.0. The van der Waals surface area contributed by atoms with Crippen LogP contribution in [0.1, 0.15) is 43.4 Å². The minimum atomic E-state index is 0.498. The minimum Gasteiger partial charge on any atom is -0.496 e. The molecule has 2 nitrogen and oxygen atoms in total. The maximum atomic E-state index is 5.61. The Kier molecular flexibility index (Phi) is 5.67. The zero-order chi connectivity index (χ0) is 13.7. The minimum absolute atomic E-state index is 0.498. The Balaban J connectivity index is 2.98. The van der Waals surface area contributed by atoms with Gasteiger partial charge >= 0.3 is 0 Å². The monoisotopic (exact) mass is 249 g/mol. The Morgan fingerprint density at radius 3 is 2.44 bits per heavy atom. The quantitative estimate of drug-likeness (QED) is 0.830. The molecule has 0 heterocycles. The van der Waals surface area contributed by atoms with Crippen molar-refractivity contribution in [3.8, 4) is 5.75 Å². The fourth-order valence-corrected chi connectivity index (χ4v) is 2.30. The third kappa shape index (κ3) is 3.26. The highest BCUT2D eigenvalue weighted by Crippen LogP contribution is 2.35. The second-order valence-corrected chi connectivity index (χ2v) is 5.20. The lowest BCUT2D eigenvalue weighted by molar-refractivity contribution is 0.387. The van der Waals surface area contributed by atoms with Gasteiger partial charge in [-0.2, -0.15) is 0 Å². The van der Waals surface area contributed by atoms with Gasteiger partial charge in [-0.3, -0.25) is 0 Å². The number of aryl methyl sites for hydroxylation is 1. The molecule has 0 bridgehead atoms. The highest BCUT2D eigenvalue weighted by molar-refractivity contribution is 5.47. The third-order valence-electron chi connectivity index (χ3n) is 3.97. The summed E-state index contributed by atoms with van der Waals surface area (Å²) in [5.41, 5.74) is 3.88. The largest absolute Gasteiger partial charge is 0.496 e. The van der Waals surface area contributed by atoms with Crippen molar-refractivity contribution < 1.29 is 4.74 Å². The molecule has 1 aromatic carbocycles. The zero-order valence-electron chi connectivity index (χ0n) is 12.6. The molecule has 0 aliphatic heterocycles. The summed E-state index contributed by atoms with van der Waals surface area (Å²) in [4.78, 5) is 0. The first-order valence-electron chi connectivity index (χ1n) is 6.87. The Bertz CT molecular complexity index is 387. The second kappa shape index (κ2) is 6.79. The van der Waals surface area contributed by atoms with Gasteiger partial charge in [-0.25, -0.2) is 0 Å². The van der Waals surface area contributed by atoms with Crippen molar-refractivity contribution >= 4 is 0 Å². The van der Waals surface area contributed by atoms with Crippen molar-refractivity contribution in [2.45, 2.75) is 40.5 Å². The van der Waals surface area contributed by atoms with Crippen molar-refractivity contribution in [3.63, 3.8) is 0 Å². The lowest BCUT2D eigenvalue weighted by Gasteiger charge is -2.24. The Hall–Kier alpha value is -1.02. The average molecular weight is 249 g/mol. The van der Waals surface area contributed by atoms with Gasteiger partial charge < -0.3 is 10.1 Å². The van der Waals surface area contributed by atoms with Crippen LogP contribution in [0.25, 0.3) is 0 Å². The lowest BCUT2D eigenvalue weighted by Crippen LogP contribution is -2.24. The summed E-state index contributed by atoms with van der Waals surface area (Å²) >= 11 is 0. The van der Waals surface area contributed by atoms with Crippen LogP contribution in [0.2, 0.25) is 0 Å². The highest BCUT2D eigenvalue weighted by Gasteiger charge is 2.19. The molecule has 102 valence electrons. The van der Waals surface area contributed by atoms with Gasteiger partial charge in [-0.05, 0) is 55.5 Å². The van der Waals surface area contributed by atoms with Gasteiger partial charge in [0.05, 0.1) is 7.11 Å². The van der Waals surface area contributed by atoms with Crippen LogP contribution >= 0.6 is 0 Å². The molecule has 0 amide bonds. The van der Waals surface area contributed by atoms with Crippen LogP contribution in [0.3, 0.4) is 0 Å². The predicted molar refractivity (Wildman–Crippen MR) is 78.6 cm³/mol. The van der Waals surface area contributed by atoms with Crippen LogP contribution in [0, 0.1) is 19.8 Å². The normalized spacial score (nSPS) is 14.3. The van der Waals surface area contributed by atoms with Crippen molar-refractivity contribution in [1.29, 1.82) is 0 Å². The maximum absolute atomic E-state index is 5.61. The van der Waals surface area contributed by atoms with E-state index < -0.39 is 0 Å². The Morgan fingerprint density at radius 1 is 1.22 bits per heavy atom. The van der Waals surface area contributed by atoms with E-state index in [1.807, 2.05) is 0 Å². The lowest BCUT2D eigenvalue weighted by atomic mass is 9.86. The number of methoxy groups -OCH3 is 1. The second-order valence-electron chi connectivity index (χ2n) is 5.20. The van der Waals surface area contributed by atoms with Crippen molar-refractivity contribution in [2.75, 3.05) is 20.2 Å². The standard InChI is InChI=1S/C16H27NO/c1-7-17-10-12(3)13(4)15-9-8-11(2)14(5)16(15)18-6/h8-9,12-13,17H,7,10H2,1-6H3. The molecular formula is C16H27NO. The van der Waals surface area contributed by atoms with Crippen LogP contribution < -0.4 is 10.1 Å². The third-order valence-corrected chi connectivity index (χ3v) is 3.97. The number of nitrogens with one attached hydrogen (secondary N) is 1. The van der Waals surface area contributed by atoms with Crippen LogP contribution in [0.4, 0.5) is 0 Å². The topological polar surface area (TPSA) is 21.3 Å². The molecule has 1 N–H and O–H groups in total. The van der Waals surface area contributed by atoms with Crippen LogP contribution in [-0.2, 0) is 0 Å². The summed E-state index contributed by atoms with van der Waals surface area (Å²) in [7, 11) is 1.77. The number of benzene rings is 1. The van der Waals surface area contributed by atoms with Gasteiger partial charge in [0.25, 0.3) is 0 Å². The van der Waals surface area contributed by atoms with Crippen LogP contribution in [-0.4, -0.2) is 20.2 Å². The molecule has 2 unspecified atom stereocenters. The molecule has 0 saturated heterocycles. The average Bonchev–Trinajstić information content (AvgIpc) is 2.38. The molecule has 1 rings (SSSR count). The van der Waals surface area contributed by atoms with E-state index in [2.05, 4.69) is 52.1 Å². The summed E-state index contributed by atoms with van der Waals surface area (Å²) in [6.45, 7) is 13.1. The Morgan fingerprint density at radius 2 is 1.89 bits per heavy atom. The van der Waals surface area contributed by atoms with E-state index in [0.29, 0.717) is 11.8 Å². The SMILES string of the molecule is CCNCC(C)C(C)c1ccc(C)c(C)c1OC. The van der Waals surface area contributed by atoms with Gasteiger partial charge in [0.15, 0.2) is 0 Å². The molecular weight excluding hydrogens is 222 g/mol. The molecule has 2 heteroatoms.